The van der Waals surface area contributed by atoms with E-state index in [2.05, 4.69) is 18.1 Å². The third-order valence-corrected chi connectivity index (χ3v) is 3.66. The Bertz CT molecular complexity index is 577. The van der Waals surface area contributed by atoms with Gasteiger partial charge < -0.3 is 4.98 Å². The highest BCUT2D eigenvalue weighted by Crippen LogP contribution is 2.35. The second-order valence-corrected chi connectivity index (χ2v) is 4.75. The quantitative estimate of drug-likeness (QED) is 0.759. The highest BCUT2D eigenvalue weighted by Gasteiger charge is 2.22. The number of benzene rings is 1. The minimum Gasteiger partial charge on any atom is -0.361 e. The molecule has 0 radical (unpaired) electrons. The molecule has 2 nitrogen and oxygen atoms in total. The van der Waals surface area contributed by atoms with Crippen LogP contribution in [0.3, 0.4) is 0 Å². The number of nitrogens with one attached hydrogen (secondary N) is 1. The SMILES string of the molecule is C=C.O=C1CCC(c2c[nH]c3ccc(F)cc23)CC1. The number of Topliss-reactive ketones (excluding diaryl/α,β-unsaturated/α-hetero) is 1. The Balaban J connectivity index is 0.000000637. The highest BCUT2D eigenvalue weighted by atomic mass is 19.1. The van der Waals surface area contributed by atoms with Crippen LogP contribution in [0.2, 0.25) is 0 Å². The van der Waals surface area contributed by atoms with Crippen LogP contribution in [-0.4, -0.2) is 10.8 Å². The minimum absolute atomic E-state index is 0.203. The van der Waals surface area contributed by atoms with Crippen molar-refractivity contribution in [1.82, 2.24) is 4.98 Å². The zero-order chi connectivity index (χ0) is 13.8. The van der Waals surface area contributed by atoms with E-state index in [9.17, 15) is 9.18 Å². The first-order chi connectivity index (χ1) is 9.24. The molecule has 1 aromatic carbocycles. The van der Waals surface area contributed by atoms with E-state index in [4.69, 9.17) is 0 Å². The van der Waals surface area contributed by atoms with E-state index in [-0.39, 0.29) is 5.82 Å². The van der Waals surface area contributed by atoms with Crippen LogP contribution in [0.25, 0.3) is 10.9 Å². The first-order valence-electron chi connectivity index (χ1n) is 6.52. The molecule has 1 aliphatic rings. The molecule has 3 rings (SSSR count). The first-order valence-corrected chi connectivity index (χ1v) is 6.52. The summed E-state index contributed by atoms with van der Waals surface area (Å²) in [5, 5.41) is 0.962. The predicted molar refractivity (Wildman–Crippen MR) is 75.7 cm³/mol. The van der Waals surface area contributed by atoms with E-state index < -0.39 is 0 Å². The van der Waals surface area contributed by atoms with Crippen molar-refractivity contribution in [2.24, 2.45) is 0 Å². The van der Waals surface area contributed by atoms with Crippen molar-refractivity contribution in [3.8, 4) is 0 Å². The van der Waals surface area contributed by atoms with Gasteiger partial charge >= 0.3 is 0 Å². The molecule has 0 saturated heterocycles. The second kappa shape index (κ2) is 5.83. The number of hydrogen-bond donors (Lipinski definition) is 1. The summed E-state index contributed by atoms with van der Waals surface area (Å²) in [7, 11) is 0. The molecule has 3 heteroatoms. The Morgan fingerprint density at radius 2 is 1.89 bits per heavy atom. The number of fused-ring (bicyclic) bond motifs is 1. The van der Waals surface area contributed by atoms with E-state index in [0.717, 1.165) is 29.3 Å². The van der Waals surface area contributed by atoms with Gasteiger partial charge in [0.15, 0.2) is 0 Å². The predicted octanol–water partition coefficient (Wildman–Crippen LogP) is 4.34. The number of rotatable bonds is 1. The molecular formula is C16H18FNO. The van der Waals surface area contributed by atoms with Crippen LogP contribution >= 0.6 is 0 Å². The summed E-state index contributed by atoms with van der Waals surface area (Å²) >= 11 is 0. The van der Waals surface area contributed by atoms with Crippen LogP contribution < -0.4 is 0 Å². The van der Waals surface area contributed by atoms with Crippen LogP contribution in [-0.2, 0) is 4.79 Å². The Morgan fingerprint density at radius 1 is 1.21 bits per heavy atom. The minimum atomic E-state index is -0.203. The van der Waals surface area contributed by atoms with Gasteiger partial charge in [-0.3, -0.25) is 4.79 Å². The summed E-state index contributed by atoms with van der Waals surface area (Å²) in [6.07, 6.45) is 5.06. The first kappa shape index (κ1) is 13.5. The van der Waals surface area contributed by atoms with Gasteiger partial charge in [0.05, 0.1) is 0 Å². The van der Waals surface area contributed by atoms with Gasteiger partial charge in [-0.05, 0) is 42.5 Å². The molecule has 1 fully saturated rings. The summed E-state index contributed by atoms with van der Waals surface area (Å²) in [5.74, 6) is 0.542. The van der Waals surface area contributed by atoms with Crippen LogP contribution in [0.5, 0.6) is 0 Å². The lowest BCUT2D eigenvalue weighted by molar-refractivity contribution is -0.120. The molecule has 2 aromatic rings. The van der Waals surface area contributed by atoms with Crippen molar-refractivity contribution < 1.29 is 9.18 Å². The van der Waals surface area contributed by atoms with Crippen LogP contribution in [0.15, 0.2) is 37.6 Å². The average molecular weight is 259 g/mol. The van der Waals surface area contributed by atoms with E-state index in [1.807, 2.05) is 6.20 Å². The van der Waals surface area contributed by atoms with E-state index in [0.29, 0.717) is 24.5 Å². The molecule has 1 saturated carbocycles. The van der Waals surface area contributed by atoms with Gasteiger partial charge in [0.25, 0.3) is 0 Å². The molecule has 100 valence electrons. The average Bonchev–Trinajstić information content (AvgIpc) is 2.85. The largest absolute Gasteiger partial charge is 0.361 e. The maximum atomic E-state index is 13.3. The van der Waals surface area contributed by atoms with Gasteiger partial charge in [0.2, 0.25) is 0 Å². The van der Waals surface area contributed by atoms with Crippen molar-refractivity contribution >= 4 is 16.7 Å². The standard InChI is InChI=1S/C14H14FNO.C2H4/c15-10-3-6-14-12(7-10)13(8-16-14)9-1-4-11(17)5-2-9;1-2/h3,6-9,16H,1-2,4-5H2;1-2H2. The van der Waals surface area contributed by atoms with Gasteiger partial charge in [-0.2, -0.15) is 0 Å². The normalized spacial score (nSPS) is 16.2. The van der Waals surface area contributed by atoms with Crippen molar-refractivity contribution in [3.05, 3.63) is 48.9 Å². The number of hydrogen-bond acceptors (Lipinski definition) is 1. The Labute approximate surface area is 112 Å². The van der Waals surface area contributed by atoms with Gasteiger partial charge in [-0.25, -0.2) is 4.39 Å². The number of halogens is 1. The number of H-pyrrole nitrogens is 1. The highest BCUT2D eigenvalue weighted by molar-refractivity contribution is 5.85. The molecule has 0 bridgehead atoms. The molecule has 0 spiro atoms. The maximum Gasteiger partial charge on any atom is 0.132 e. The summed E-state index contributed by atoms with van der Waals surface area (Å²) in [6, 6.07) is 4.81. The Hall–Kier alpha value is -1.90. The number of aromatic amines is 1. The van der Waals surface area contributed by atoms with Gasteiger partial charge in [0, 0.05) is 29.9 Å². The van der Waals surface area contributed by atoms with Crippen molar-refractivity contribution in [2.75, 3.05) is 0 Å². The zero-order valence-corrected chi connectivity index (χ0v) is 10.9. The molecule has 0 atom stereocenters. The summed E-state index contributed by atoms with van der Waals surface area (Å²) in [6.45, 7) is 6.00. The zero-order valence-electron chi connectivity index (χ0n) is 10.9. The Kier molecular flexibility index (Phi) is 4.15. The molecule has 0 aliphatic heterocycles. The molecule has 19 heavy (non-hydrogen) atoms. The fourth-order valence-electron chi connectivity index (χ4n) is 2.70. The lowest BCUT2D eigenvalue weighted by atomic mass is 9.83. The van der Waals surface area contributed by atoms with E-state index in [1.54, 1.807) is 12.1 Å². The molecule has 1 heterocycles. The molecule has 1 N–H and O–H groups in total. The van der Waals surface area contributed by atoms with Crippen LogP contribution in [0, 0.1) is 5.82 Å². The third-order valence-electron chi connectivity index (χ3n) is 3.66. The number of ketones is 1. The second-order valence-electron chi connectivity index (χ2n) is 4.75. The van der Waals surface area contributed by atoms with Gasteiger partial charge in [0.1, 0.15) is 11.6 Å². The van der Waals surface area contributed by atoms with Crippen molar-refractivity contribution in [3.63, 3.8) is 0 Å². The van der Waals surface area contributed by atoms with E-state index >= 15 is 0 Å². The number of carbonyl (C=O) groups excluding carboxylic acids is 1. The lowest BCUT2D eigenvalue weighted by Gasteiger charge is -2.20. The van der Waals surface area contributed by atoms with Crippen LogP contribution in [0.1, 0.15) is 37.2 Å². The number of carbonyl (C=O) groups is 1. The number of aromatic nitrogens is 1. The topological polar surface area (TPSA) is 32.9 Å². The molecule has 1 aromatic heterocycles. The summed E-state index contributed by atoms with van der Waals surface area (Å²) in [5.41, 5.74) is 2.13. The lowest BCUT2D eigenvalue weighted by Crippen LogP contribution is -2.12. The fourth-order valence-corrected chi connectivity index (χ4v) is 2.70. The maximum absolute atomic E-state index is 13.3. The summed E-state index contributed by atoms with van der Waals surface area (Å²) < 4.78 is 13.3. The third kappa shape index (κ3) is 2.75. The monoisotopic (exact) mass is 259 g/mol. The van der Waals surface area contributed by atoms with Gasteiger partial charge in [-0.15, -0.1) is 13.2 Å². The molecule has 0 amide bonds. The fraction of sp³-hybridized carbons (Fsp3) is 0.312. The van der Waals surface area contributed by atoms with Crippen LogP contribution in [0.4, 0.5) is 4.39 Å². The molecule has 1 aliphatic carbocycles. The molecule has 0 unspecified atom stereocenters. The Morgan fingerprint density at radius 3 is 2.58 bits per heavy atom. The van der Waals surface area contributed by atoms with Crippen molar-refractivity contribution in [2.45, 2.75) is 31.6 Å². The van der Waals surface area contributed by atoms with E-state index in [1.165, 1.54) is 6.07 Å². The van der Waals surface area contributed by atoms with Crippen molar-refractivity contribution in [1.29, 1.82) is 0 Å². The van der Waals surface area contributed by atoms with Gasteiger partial charge in [-0.1, -0.05) is 0 Å². The smallest absolute Gasteiger partial charge is 0.132 e. The molecular weight excluding hydrogens is 241 g/mol. The summed E-state index contributed by atoms with van der Waals surface area (Å²) in [4.78, 5) is 14.4.